The van der Waals surface area contributed by atoms with Crippen LogP contribution < -0.4 is 5.32 Å². The average Bonchev–Trinajstić information content (AvgIpc) is 3.46. The van der Waals surface area contributed by atoms with E-state index in [2.05, 4.69) is 10.3 Å². The maximum Gasteiger partial charge on any atom is 0.307 e. The first-order valence-electron chi connectivity index (χ1n) is 10.8. The van der Waals surface area contributed by atoms with Crippen LogP contribution in [0.3, 0.4) is 0 Å². The number of carboxylic acid groups (broad SMARTS) is 1. The second kappa shape index (κ2) is 8.71. The molecule has 0 amide bonds. The van der Waals surface area contributed by atoms with E-state index in [1.165, 1.54) is 0 Å². The van der Waals surface area contributed by atoms with Gasteiger partial charge in [-0.2, -0.15) is 4.98 Å². The molecule has 2 N–H and O–H groups in total. The molecule has 1 aromatic heterocycles. The van der Waals surface area contributed by atoms with Crippen LogP contribution in [0.5, 0.6) is 0 Å². The molecule has 0 radical (unpaired) electrons. The van der Waals surface area contributed by atoms with Gasteiger partial charge >= 0.3 is 5.97 Å². The molecule has 2 atom stereocenters. The van der Waals surface area contributed by atoms with Crippen LogP contribution in [-0.2, 0) is 4.79 Å². The number of fused-ring (bicyclic) bond motifs is 1. The van der Waals surface area contributed by atoms with Gasteiger partial charge in [-0.25, -0.2) is 0 Å². The molecule has 3 aromatic carbocycles. The first kappa shape index (κ1) is 21.2. The van der Waals surface area contributed by atoms with E-state index >= 15 is 0 Å². The summed E-state index contributed by atoms with van der Waals surface area (Å²) in [7, 11) is 0. The summed E-state index contributed by atoms with van der Waals surface area (Å²) in [6, 6.07) is 20.8. The number of hydrogen-bond donors (Lipinski definition) is 2. The number of rotatable bonds is 6. The van der Waals surface area contributed by atoms with E-state index in [4.69, 9.17) is 16.0 Å². The summed E-state index contributed by atoms with van der Waals surface area (Å²) < 4.78 is 5.69. The van der Waals surface area contributed by atoms with Crippen LogP contribution in [0.15, 0.2) is 71.1 Å². The summed E-state index contributed by atoms with van der Waals surface area (Å²) >= 11 is 5.99. The number of carboxylic acids is 1. The minimum atomic E-state index is -0.877. The molecule has 0 aliphatic heterocycles. The Balaban J connectivity index is 1.29. The van der Waals surface area contributed by atoms with Gasteiger partial charge in [0.05, 0.1) is 5.92 Å². The number of anilines is 2. The Bertz CT molecular complexity index is 1330. The molecule has 6 nitrogen and oxygen atoms in total. The number of nitrogens with zero attached hydrogens (tertiary/aromatic N) is 1. The van der Waals surface area contributed by atoms with Crippen molar-refractivity contribution in [3.63, 3.8) is 0 Å². The summed E-state index contributed by atoms with van der Waals surface area (Å²) in [6.45, 7) is 0. The van der Waals surface area contributed by atoms with E-state index in [9.17, 15) is 14.7 Å². The average molecular weight is 461 g/mol. The minimum Gasteiger partial charge on any atom is -0.481 e. The quantitative estimate of drug-likeness (QED) is 0.316. The zero-order valence-corrected chi connectivity index (χ0v) is 18.4. The van der Waals surface area contributed by atoms with Crippen LogP contribution in [0, 0.1) is 11.8 Å². The SMILES string of the molecule is O=C(O)[C@H]1CCC[C@@H]1C(=O)c1ccc(-c2ccc(Nc3nc4ccc(Cl)cc4o3)cc2)cc1. The Morgan fingerprint density at radius 2 is 1.61 bits per heavy atom. The lowest BCUT2D eigenvalue weighted by Crippen LogP contribution is -2.25. The molecule has 4 aromatic rings. The third-order valence-corrected chi connectivity index (χ3v) is 6.39. The summed E-state index contributed by atoms with van der Waals surface area (Å²) in [6.07, 6.45) is 1.99. The van der Waals surface area contributed by atoms with Gasteiger partial charge in [0.1, 0.15) is 5.52 Å². The van der Waals surface area contributed by atoms with Gasteiger partial charge in [0.2, 0.25) is 0 Å². The van der Waals surface area contributed by atoms with Crippen molar-refractivity contribution >= 4 is 46.2 Å². The van der Waals surface area contributed by atoms with Gasteiger partial charge in [-0.15, -0.1) is 0 Å². The molecular formula is C26H21ClN2O4. The zero-order valence-electron chi connectivity index (χ0n) is 17.6. The lowest BCUT2D eigenvalue weighted by molar-refractivity contribution is -0.142. The van der Waals surface area contributed by atoms with Gasteiger partial charge in [0.25, 0.3) is 6.01 Å². The molecule has 0 saturated heterocycles. The molecule has 0 unspecified atom stereocenters. The lowest BCUT2D eigenvalue weighted by atomic mass is 9.88. The predicted octanol–water partition coefficient (Wildman–Crippen LogP) is 6.58. The fourth-order valence-corrected chi connectivity index (χ4v) is 4.59. The number of ketones is 1. The molecule has 1 heterocycles. The van der Waals surface area contributed by atoms with Gasteiger partial charge in [-0.1, -0.05) is 54.4 Å². The minimum absolute atomic E-state index is 0.0781. The van der Waals surface area contributed by atoms with Gasteiger partial charge in [0, 0.05) is 28.3 Å². The van der Waals surface area contributed by atoms with E-state index in [0.29, 0.717) is 35.0 Å². The van der Waals surface area contributed by atoms with Crippen molar-refractivity contribution in [2.24, 2.45) is 11.8 Å². The van der Waals surface area contributed by atoms with E-state index in [0.717, 1.165) is 28.8 Å². The number of hydrogen-bond acceptors (Lipinski definition) is 5. The van der Waals surface area contributed by atoms with E-state index in [-0.39, 0.29) is 5.78 Å². The molecule has 1 aliphatic carbocycles. The van der Waals surface area contributed by atoms with Crippen molar-refractivity contribution < 1.29 is 19.1 Å². The molecule has 1 saturated carbocycles. The smallest absolute Gasteiger partial charge is 0.307 e. The second-order valence-corrected chi connectivity index (χ2v) is 8.69. The summed E-state index contributed by atoms with van der Waals surface area (Å²) in [5.41, 5.74) is 4.68. The van der Waals surface area contributed by atoms with Crippen LogP contribution >= 0.6 is 11.6 Å². The fraction of sp³-hybridized carbons (Fsp3) is 0.192. The number of aromatic nitrogens is 1. The summed E-state index contributed by atoms with van der Waals surface area (Å²) in [5, 5.41) is 13.1. The van der Waals surface area contributed by atoms with Gasteiger partial charge in [-0.3, -0.25) is 9.59 Å². The Morgan fingerprint density at radius 1 is 0.939 bits per heavy atom. The standard InChI is InChI=1S/C26H21ClN2O4/c27-18-10-13-22-23(14-18)33-26(29-22)28-19-11-8-16(9-12-19)15-4-6-17(7-5-15)24(30)20-2-1-3-21(20)25(31)32/h4-14,20-21H,1-3H2,(H,28,29)(H,31,32)/t20-,21-/m0/s1. The van der Waals surface area contributed by atoms with E-state index in [1.54, 1.807) is 30.3 Å². The maximum absolute atomic E-state index is 12.8. The normalized spacial score (nSPS) is 17.8. The lowest BCUT2D eigenvalue weighted by Gasteiger charge is -2.14. The van der Waals surface area contributed by atoms with Crippen molar-refractivity contribution in [1.29, 1.82) is 0 Å². The van der Waals surface area contributed by atoms with Crippen LogP contribution in [0.25, 0.3) is 22.2 Å². The molecule has 1 aliphatic rings. The Kier molecular flexibility index (Phi) is 5.60. The van der Waals surface area contributed by atoms with Crippen LogP contribution in [0.1, 0.15) is 29.6 Å². The molecule has 33 heavy (non-hydrogen) atoms. The third-order valence-electron chi connectivity index (χ3n) is 6.16. The Morgan fingerprint density at radius 3 is 2.30 bits per heavy atom. The monoisotopic (exact) mass is 460 g/mol. The maximum atomic E-state index is 12.8. The summed E-state index contributed by atoms with van der Waals surface area (Å²) in [5.74, 6) is -1.96. The highest BCUT2D eigenvalue weighted by Crippen LogP contribution is 2.35. The highest BCUT2D eigenvalue weighted by Gasteiger charge is 2.37. The molecule has 5 rings (SSSR count). The van der Waals surface area contributed by atoms with Crippen molar-refractivity contribution in [3.05, 3.63) is 77.3 Å². The number of benzene rings is 3. The highest BCUT2D eigenvalue weighted by molar-refractivity contribution is 6.31. The van der Waals surface area contributed by atoms with Crippen molar-refractivity contribution in [3.8, 4) is 11.1 Å². The Labute approximate surface area is 195 Å². The second-order valence-electron chi connectivity index (χ2n) is 8.26. The molecule has 1 fully saturated rings. The van der Waals surface area contributed by atoms with Crippen molar-refractivity contribution in [1.82, 2.24) is 4.98 Å². The van der Waals surface area contributed by atoms with Crippen molar-refractivity contribution in [2.75, 3.05) is 5.32 Å². The Hall–Kier alpha value is -3.64. The van der Waals surface area contributed by atoms with E-state index < -0.39 is 17.8 Å². The topological polar surface area (TPSA) is 92.4 Å². The fourth-order valence-electron chi connectivity index (χ4n) is 4.43. The number of carbonyl (C=O) groups excluding carboxylic acids is 1. The van der Waals surface area contributed by atoms with E-state index in [1.807, 2.05) is 36.4 Å². The first-order valence-corrected chi connectivity index (χ1v) is 11.2. The molecule has 166 valence electrons. The largest absolute Gasteiger partial charge is 0.481 e. The van der Waals surface area contributed by atoms with Crippen LogP contribution in [0.4, 0.5) is 11.7 Å². The third kappa shape index (κ3) is 4.34. The number of Topliss-reactive ketones (excluding diaryl/α,β-unsaturated/α-hetero) is 1. The number of nitrogens with one attached hydrogen (secondary N) is 1. The van der Waals surface area contributed by atoms with Crippen LogP contribution in [0.2, 0.25) is 5.02 Å². The summed E-state index contributed by atoms with van der Waals surface area (Å²) in [4.78, 5) is 28.6. The van der Waals surface area contributed by atoms with Gasteiger partial charge < -0.3 is 14.8 Å². The molecule has 0 spiro atoms. The number of carbonyl (C=O) groups is 2. The number of aliphatic carboxylic acids is 1. The molecule has 0 bridgehead atoms. The number of halogens is 1. The predicted molar refractivity (Wildman–Crippen MR) is 127 cm³/mol. The first-order chi connectivity index (χ1) is 16.0. The van der Waals surface area contributed by atoms with Gasteiger partial charge in [-0.05, 0) is 48.2 Å². The van der Waals surface area contributed by atoms with Gasteiger partial charge in [0.15, 0.2) is 11.4 Å². The van der Waals surface area contributed by atoms with Crippen LogP contribution in [-0.4, -0.2) is 21.8 Å². The molecular weight excluding hydrogens is 440 g/mol. The zero-order chi connectivity index (χ0) is 22.9. The molecule has 7 heteroatoms. The highest BCUT2D eigenvalue weighted by atomic mass is 35.5. The number of oxazole rings is 1. The van der Waals surface area contributed by atoms with Crippen molar-refractivity contribution in [2.45, 2.75) is 19.3 Å².